The highest BCUT2D eigenvalue weighted by Gasteiger charge is 2.03. The topological polar surface area (TPSA) is 40.5 Å². The van der Waals surface area contributed by atoms with E-state index >= 15 is 0 Å². The fourth-order valence-corrected chi connectivity index (χ4v) is 1.27. The molecule has 0 fully saturated rings. The lowest BCUT2D eigenvalue weighted by atomic mass is 10.0. The lowest BCUT2D eigenvalue weighted by Gasteiger charge is -2.09. The minimum absolute atomic E-state index is 0.0731. The summed E-state index contributed by atoms with van der Waals surface area (Å²) in [4.78, 5) is 0. The molecule has 0 saturated heterocycles. The SMILES string of the molecule is C=C(C)C(O)CCC(C)=CC=CC(C)=CCO. The minimum Gasteiger partial charge on any atom is -0.392 e. The van der Waals surface area contributed by atoms with Crippen molar-refractivity contribution in [2.75, 3.05) is 6.61 Å². The zero-order valence-electron chi connectivity index (χ0n) is 11.1. The summed E-state index contributed by atoms with van der Waals surface area (Å²) < 4.78 is 0. The van der Waals surface area contributed by atoms with Gasteiger partial charge < -0.3 is 10.2 Å². The van der Waals surface area contributed by atoms with Crippen molar-refractivity contribution in [3.63, 3.8) is 0 Å². The quantitative estimate of drug-likeness (QED) is 0.526. The Hall–Kier alpha value is -1.12. The van der Waals surface area contributed by atoms with E-state index in [2.05, 4.69) is 6.58 Å². The number of aliphatic hydroxyl groups is 2. The molecule has 96 valence electrons. The molecule has 0 aliphatic rings. The average molecular weight is 236 g/mol. The molecule has 0 bridgehead atoms. The zero-order chi connectivity index (χ0) is 13.3. The highest BCUT2D eigenvalue weighted by molar-refractivity contribution is 5.22. The summed E-state index contributed by atoms with van der Waals surface area (Å²) in [6.45, 7) is 9.62. The molecule has 0 aliphatic heterocycles. The third kappa shape index (κ3) is 8.66. The van der Waals surface area contributed by atoms with Gasteiger partial charge in [0.15, 0.2) is 0 Å². The normalized spacial score (nSPS) is 15.4. The van der Waals surface area contributed by atoms with Gasteiger partial charge in [-0.05, 0) is 33.6 Å². The lowest BCUT2D eigenvalue weighted by molar-refractivity contribution is 0.201. The molecule has 0 heterocycles. The summed E-state index contributed by atoms with van der Waals surface area (Å²) in [5.41, 5.74) is 3.08. The zero-order valence-corrected chi connectivity index (χ0v) is 11.1. The van der Waals surface area contributed by atoms with E-state index in [4.69, 9.17) is 5.11 Å². The molecule has 0 amide bonds. The van der Waals surface area contributed by atoms with E-state index in [1.165, 1.54) is 5.57 Å². The van der Waals surface area contributed by atoms with Crippen LogP contribution in [0.2, 0.25) is 0 Å². The van der Waals surface area contributed by atoms with E-state index in [9.17, 15) is 5.11 Å². The van der Waals surface area contributed by atoms with E-state index < -0.39 is 6.10 Å². The summed E-state index contributed by atoms with van der Waals surface area (Å²) in [5, 5.41) is 18.3. The van der Waals surface area contributed by atoms with Crippen LogP contribution in [0.3, 0.4) is 0 Å². The van der Waals surface area contributed by atoms with Crippen molar-refractivity contribution in [1.29, 1.82) is 0 Å². The second-order valence-corrected chi connectivity index (χ2v) is 4.40. The van der Waals surface area contributed by atoms with Crippen LogP contribution in [0.25, 0.3) is 0 Å². The number of rotatable bonds is 7. The minimum atomic E-state index is -0.404. The molecule has 17 heavy (non-hydrogen) atoms. The van der Waals surface area contributed by atoms with Crippen molar-refractivity contribution in [2.24, 2.45) is 0 Å². The number of allylic oxidation sites excluding steroid dienone is 5. The highest BCUT2D eigenvalue weighted by Crippen LogP contribution is 2.11. The van der Waals surface area contributed by atoms with Gasteiger partial charge in [0.05, 0.1) is 12.7 Å². The Balaban J connectivity index is 4.10. The predicted molar refractivity (Wildman–Crippen MR) is 73.8 cm³/mol. The van der Waals surface area contributed by atoms with Crippen LogP contribution in [0.4, 0.5) is 0 Å². The van der Waals surface area contributed by atoms with Gasteiger partial charge in [-0.3, -0.25) is 0 Å². The monoisotopic (exact) mass is 236 g/mol. The number of hydrogen-bond donors (Lipinski definition) is 2. The lowest BCUT2D eigenvalue weighted by Crippen LogP contribution is -2.06. The molecule has 2 nitrogen and oxygen atoms in total. The molecular formula is C15H24O2. The van der Waals surface area contributed by atoms with Gasteiger partial charge >= 0.3 is 0 Å². The van der Waals surface area contributed by atoms with E-state index in [1.54, 1.807) is 6.08 Å². The molecule has 0 rings (SSSR count). The maximum Gasteiger partial charge on any atom is 0.0747 e. The summed E-state index contributed by atoms with van der Waals surface area (Å²) in [5.74, 6) is 0. The van der Waals surface area contributed by atoms with Crippen molar-refractivity contribution in [3.05, 3.63) is 47.6 Å². The van der Waals surface area contributed by atoms with Gasteiger partial charge in [-0.15, -0.1) is 0 Å². The summed E-state index contributed by atoms with van der Waals surface area (Å²) in [7, 11) is 0. The van der Waals surface area contributed by atoms with Crippen LogP contribution in [-0.4, -0.2) is 22.9 Å². The molecule has 0 aromatic heterocycles. The fraction of sp³-hybridized carbons (Fsp3) is 0.467. The standard InChI is InChI=1S/C15H24O2/c1-12(2)15(17)9-8-13(3)6-5-7-14(4)10-11-16/h5-7,10,15-17H,1,8-9,11H2,2-4H3. The maximum absolute atomic E-state index is 9.58. The largest absolute Gasteiger partial charge is 0.392 e. The molecular weight excluding hydrogens is 212 g/mol. The van der Waals surface area contributed by atoms with Gasteiger partial charge in [0.1, 0.15) is 0 Å². The van der Waals surface area contributed by atoms with Gasteiger partial charge in [-0.1, -0.05) is 47.6 Å². The molecule has 1 atom stereocenters. The van der Waals surface area contributed by atoms with Crippen molar-refractivity contribution in [3.8, 4) is 0 Å². The molecule has 0 aliphatic carbocycles. The third-order valence-corrected chi connectivity index (χ3v) is 2.53. The van der Waals surface area contributed by atoms with Crippen molar-refractivity contribution < 1.29 is 10.2 Å². The Labute approximate surface area is 105 Å². The molecule has 2 heteroatoms. The molecule has 0 aromatic carbocycles. The average Bonchev–Trinajstić information content (AvgIpc) is 2.26. The number of hydrogen-bond acceptors (Lipinski definition) is 2. The predicted octanol–water partition coefficient (Wildman–Crippen LogP) is 3.14. The second-order valence-electron chi connectivity index (χ2n) is 4.40. The molecule has 0 aromatic rings. The first kappa shape index (κ1) is 15.9. The van der Waals surface area contributed by atoms with E-state index in [-0.39, 0.29) is 6.61 Å². The Morgan fingerprint density at radius 1 is 1.29 bits per heavy atom. The highest BCUT2D eigenvalue weighted by atomic mass is 16.3. The Bertz CT molecular complexity index is 322. The molecule has 2 N–H and O–H groups in total. The third-order valence-electron chi connectivity index (χ3n) is 2.53. The molecule has 1 unspecified atom stereocenters. The van der Waals surface area contributed by atoms with E-state index in [1.807, 2.05) is 39.0 Å². The van der Waals surface area contributed by atoms with Crippen LogP contribution in [0.15, 0.2) is 47.6 Å². The first-order valence-electron chi connectivity index (χ1n) is 5.92. The first-order chi connectivity index (χ1) is 7.97. The Morgan fingerprint density at radius 3 is 2.47 bits per heavy atom. The van der Waals surface area contributed by atoms with Crippen molar-refractivity contribution in [1.82, 2.24) is 0 Å². The molecule has 0 spiro atoms. The molecule has 0 radical (unpaired) electrons. The Morgan fingerprint density at radius 2 is 1.94 bits per heavy atom. The summed E-state index contributed by atoms with van der Waals surface area (Å²) >= 11 is 0. The fourth-order valence-electron chi connectivity index (χ4n) is 1.27. The van der Waals surface area contributed by atoms with Crippen LogP contribution < -0.4 is 0 Å². The van der Waals surface area contributed by atoms with Crippen molar-refractivity contribution >= 4 is 0 Å². The van der Waals surface area contributed by atoms with Crippen LogP contribution >= 0.6 is 0 Å². The smallest absolute Gasteiger partial charge is 0.0747 e. The summed E-state index contributed by atoms with van der Waals surface area (Å²) in [6, 6.07) is 0. The van der Waals surface area contributed by atoms with Gasteiger partial charge in [-0.2, -0.15) is 0 Å². The van der Waals surface area contributed by atoms with E-state index in [0.717, 1.165) is 24.0 Å². The van der Waals surface area contributed by atoms with Gasteiger partial charge in [-0.25, -0.2) is 0 Å². The summed E-state index contributed by atoms with van der Waals surface area (Å²) in [6.07, 6.45) is 8.87. The van der Waals surface area contributed by atoms with Gasteiger partial charge in [0.2, 0.25) is 0 Å². The van der Waals surface area contributed by atoms with Crippen LogP contribution in [0, 0.1) is 0 Å². The van der Waals surface area contributed by atoms with E-state index in [0.29, 0.717) is 0 Å². The van der Waals surface area contributed by atoms with Crippen LogP contribution in [-0.2, 0) is 0 Å². The van der Waals surface area contributed by atoms with Gasteiger partial charge in [0.25, 0.3) is 0 Å². The Kier molecular flexibility index (Phi) is 8.38. The second kappa shape index (κ2) is 8.97. The molecule has 0 saturated carbocycles. The number of aliphatic hydroxyl groups excluding tert-OH is 2. The van der Waals surface area contributed by atoms with Gasteiger partial charge in [0, 0.05) is 0 Å². The van der Waals surface area contributed by atoms with Crippen LogP contribution in [0.5, 0.6) is 0 Å². The first-order valence-corrected chi connectivity index (χ1v) is 5.92. The van der Waals surface area contributed by atoms with Crippen molar-refractivity contribution in [2.45, 2.75) is 39.7 Å². The van der Waals surface area contributed by atoms with Crippen LogP contribution in [0.1, 0.15) is 33.6 Å². The maximum atomic E-state index is 9.58.